The number of unbranched alkanes of at least 4 members (excludes halogenated alkanes) is 16. The molecule has 0 aliphatic rings. The summed E-state index contributed by atoms with van der Waals surface area (Å²) in [6.45, 7) is 11.7. The molecule has 0 amide bonds. The van der Waals surface area contributed by atoms with Crippen LogP contribution in [0.4, 0.5) is 0 Å². The summed E-state index contributed by atoms with van der Waals surface area (Å²) in [4.78, 5) is 20.4. The van der Waals surface area contributed by atoms with E-state index in [9.17, 15) is 9.59 Å². The van der Waals surface area contributed by atoms with E-state index in [0.29, 0.717) is 12.8 Å². The van der Waals surface area contributed by atoms with Crippen LogP contribution in [0.15, 0.2) is 25.3 Å². The molecule has 0 aromatic heterocycles. The molecule has 0 unspecified atom stereocenters. The quantitative estimate of drug-likeness (QED) is 0.0715. The van der Waals surface area contributed by atoms with Crippen LogP contribution in [-0.4, -0.2) is 22.2 Å². The molecule has 0 rings (SSSR count). The fourth-order valence-corrected chi connectivity index (χ4v) is 5.29. The molecule has 35 heavy (non-hydrogen) atoms. The van der Waals surface area contributed by atoms with Gasteiger partial charge in [0.1, 0.15) is 0 Å². The van der Waals surface area contributed by atoms with E-state index in [4.69, 9.17) is 10.2 Å². The van der Waals surface area contributed by atoms with E-state index in [-0.39, 0.29) is 17.1 Å². The molecule has 204 valence electrons. The van der Waals surface area contributed by atoms with Gasteiger partial charge in [-0.15, -0.1) is 0 Å². The van der Waals surface area contributed by atoms with Crippen LogP contribution in [0.2, 0.25) is 10.0 Å². The molecule has 4 nitrogen and oxygen atoms in total. The van der Waals surface area contributed by atoms with Crippen molar-refractivity contribution in [3.63, 3.8) is 0 Å². The molecular formula is C30H58O4Zn. The molecular weight excluding hydrogens is 490 g/mol. The Morgan fingerprint density at radius 1 is 0.543 bits per heavy atom. The van der Waals surface area contributed by atoms with Crippen molar-refractivity contribution in [1.82, 2.24) is 0 Å². The van der Waals surface area contributed by atoms with Crippen LogP contribution >= 0.6 is 0 Å². The van der Waals surface area contributed by atoms with Gasteiger partial charge in [-0.1, -0.05) is 117 Å². The minimum absolute atomic E-state index is 0.184. The summed E-state index contributed by atoms with van der Waals surface area (Å²) in [5, 5.41) is 19.4. The number of rotatable bonds is 24. The summed E-state index contributed by atoms with van der Waals surface area (Å²) in [6, 6.07) is 0. The molecule has 0 heterocycles. The molecule has 0 aromatic carbocycles. The number of carboxylic acid groups (broad SMARTS) is 2. The molecule has 0 saturated carbocycles. The third kappa shape index (κ3) is 50.8. The Labute approximate surface area is 226 Å². The van der Waals surface area contributed by atoms with Crippen molar-refractivity contribution in [3.05, 3.63) is 25.3 Å². The van der Waals surface area contributed by atoms with Gasteiger partial charge in [-0.05, 0) is 12.8 Å². The zero-order valence-corrected chi connectivity index (χ0v) is 26.5. The fourth-order valence-electron chi connectivity index (χ4n) is 3.58. The molecule has 0 saturated heterocycles. The number of hydrogen-bond acceptors (Lipinski definition) is 2. The van der Waals surface area contributed by atoms with Crippen molar-refractivity contribution in [2.24, 2.45) is 0 Å². The first-order valence-corrected chi connectivity index (χ1v) is 18.8. The van der Waals surface area contributed by atoms with Crippen LogP contribution < -0.4 is 0 Å². The fraction of sp³-hybridized carbons (Fsp3) is 0.800. The second-order valence-corrected chi connectivity index (χ2v) is 13.4. The first kappa shape index (κ1) is 38.6. The van der Waals surface area contributed by atoms with Crippen molar-refractivity contribution >= 4 is 11.9 Å². The van der Waals surface area contributed by atoms with E-state index in [1.807, 2.05) is 12.2 Å². The Balaban J connectivity index is -0.000000465. The predicted molar refractivity (Wildman–Crippen MR) is 149 cm³/mol. The minimum Gasteiger partial charge on any atom is -0.481 e. The van der Waals surface area contributed by atoms with Gasteiger partial charge in [-0.25, -0.2) is 0 Å². The molecule has 0 aliphatic carbocycles. The molecule has 0 radical (unpaired) electrons. The monoisotopic (exact) mass is 546 g/mol. The number of allylic oxidation sites excluding steroid dienone is 2. The SMILES string of the molecule is C=C[CH2][Zn][CH2]C=C.CCCCCCCCCCCC(=O)O.CCCCCCCCCCCC(=O)O. The van der Waals surface area contributed by atoms with Crippen LogP contribution in [0.5, 0.6) is 0 Å². The first-order valence-electron chi connectivity index (χ1n) is 14.6. The Kier molecular flexibility index (Phi) is 41.4. The van der Waals surface area contributed by atoms with Gasteiger partial charge in [0.25, 0.3) is 0 Å². The Morgan fingerprint density at radius 2 is 0.800 bits per heavy atom. The van der Waals surface area contributed by atoms with Gasteiger partial charge >= 0.3 is 64.4 Å². The summed E-state index contributed by atoms with van der Waals surface area (Å²) >= 11 is -0.184. The molecule has 0 fully saturated rings. The largest absolute Gasteiger partial charge is 0.481 e. The van der Waals surface area contributed by atoms with Gasteiger partial charge in [-0.2, -0.15) is 0 Å². The van der Waals surface area contributed by atoms with E-state index in [2.05, 4.69) is 27.0 Å². The van der Waals surface area contributed by atoms with Gasteiger partial charge in [0.2, 0.25) is 0 Å². The van der Waals surface area contributed by atoms with E-state index < -0.39 is 11.9 Å². The zero-order valence-electron chi connectivity index (χ0n) is 23.5. The Morgan fingerprint density at radius 3 is 1.03 bits per heavy atom. The number of aliphatic carboxylic acids is 2. The Hall–Kier alpha value is -0.957. The number of carboxylic acids is 2. The topological polar surface area (TPSA) is 74.6 Å². The third-order valence-electron chi connectivity index (χ3n) is 5.80. The average Bonchev–Trinajstić information content (AvgIpc) is 2.83. The molecule has 0 bridgehead atoms. The van der Waals surface area contributed by atoms with Gasteiger partial charge < -0.3 is 10.2 Å². The molecule has 2 N–H and O–H groups in total. The number of carbonyl (C=O) groups is 2. The van der Waals surface area contributed by atoms with E-state index >= 15 is 0 Å². The van der Waals surface area contributed by atoms with E-state index in [1.165, 1.54) is 99.9 Å². The van der Waals surface area contributed by atoms with Crippen molar-refractivity contribution < 1.29 is 36.9 Å². The molecule has 0 aromatic rings. The van der Waals surface area contributed by atoms with Crippen LogP contribution in [-0.2, 0) is 26.7 Å². The van der Waals surface area contributed by atoms with Crippen molar-refractivity contribution in [3.8, 4) is 0 Å². The maximum atomic E-state index is 10.2. The number of hydrogen-bond donors (Lipinski definition) is 2. The molecule has 0 atom stereocenters. The summed E-state index contributed by atoms with van der Waals surface area (Å²) in [7, 11) is 0. The maximum absolute atomic E-state index is 10.2. The summed E-state index contributed by atoms with van der Waals surface area (Å²) in [5.74, 6) is -1.32. The van der Waals surface area contributed by atoms with E-state index in [1.54, 1.807) is 0 Å². The van der Waals surface area contributed by atoms with E-state index in [0.717, 1.165) is 25.7 Å². The van der Waals surface area contributed by atoms with Crippen molar-refractivity contribution in [2.75, 3.05) is 0 Å². The standard InChI is InChI=1S/2C12H24O2.2C3H5.Zn/c2*1-2-3-4-5-6-7-8-9-10-11-12(13)14;2*1-3-2;/h2*2-11H2,1H3,(H,13,14);2*3H,1-2H2;. The Bertz CT molecular complexity index is 412. The summed E-state index contributed by atoms with van der Waals surface area (Å²) < 4.78 is 0. The first-order chi connectivity index (χ1) is 17.0. The second-order valence-electron chi connectivity index (χ2n) is 9.45. The second kappa shape index (κ2) is 37.6. The van der Waals surface area contributed by atoms with Crippen molar-refractivity contribution in [1.29, 1.82) is 0 Å². The van der Waals surface area contributed by atoms with Crippen LogP contribution in [0, 0.1) is 0 Å². The third-order valence-corrected chi connectivity index (χ3v) is 9.23. The van der Waals surface area contributed by atoms with Crippen LogP contribution in [0.25, 0.3) is 0 Å². The van der Waals surface area contributed by atoms with Crippen LogP contribution in [0.1, 0.15) is 142 Å². The normalized spacial score (nSPS) is 9.66. The van der Waals surface area contributed by atoms with Gasteiger partial charge in [-0.3, -0.25) is 9.59 Å². The maximum Gasteiger partial charge on any atom is 0.303 e. The van der Waals surface area contributed by atoms with Gasteiger partial charge in [0, 0.05) is 12.8 Å². The van der Waals surface area contributed by atoms with Crippen LogP contribution in [0.3, 0.4) is 0 Å². The van der Waals surface area contributed by atoms with Crippen molar-refractivity contribution in [2.45, 2.75) is 152 Å². The summed E-state index contributed by atoms with van der Waals surface area (Å²) in [6.07, 6.45) is 27.0. The minimum atomic E-state index is -0.659. The average molecular weight is 548 g/mol. The van der Waals surface area contributed by atoms with Gasteiger partial charge in [0.05, 0.1) is 0 Å². The smallest absolute Gasteiger partial charge is 0.303 e. The molecule has 5 heteroatoms. The summed E-state index contributed by atoms with van der Waals surface area (Å²) in [5.41, 5.74) is 0. The zero-order chi connectivity index (χ0) is 26.8. The predicted octanol–water partition coefficient (Wildman–Crippen LogP) is 10.3. The van der Waals surface area contributed by atoms with Gasteiger partial charge in [0.15, 0.2) is 0 Å². The molecule has 0 spiro atoms. The molecule has 0 aliphatic heterocycles.